The minimum Gasteiger partial charge on any atom is -0.381 e. The summed E-state index contributed by atoms with van der Waals surface area (Å²) in [6.07, 6.45) is 2.16. The maximum absolute atomic E-state index is 13.4. The van der Waals surface area contributed by atoms with Crippen LogP contribution in [0.2, 0.25) is 0 Å². The largest absolute Gasteiger partial charge is 0.381 e. The van der Waals surface area contributed by atoms with Gasteiger partial charge >= 0.3 is 0 Å². The Bertz CT molecular complexity index is 554. The summed E-state index contributed by atoms with van der Waals surface area (Å²) >= 11 is 3.29. The maximum atomic E-state index is 13.4. The molecular weight excluding hydrogens is 305 g/mol. The van der Waals surface area contributed by atoms with Crippen molar-refractivity contribution >= 4 is 21.6 Å². The van der Waals surface area contributed by atoms with Gasteiger partial charge in [-0.2, -0.15) is 0 Å². The van der Waals surface area contributed by atoms with E-state index in [1.54, 1.807) is 6.07 Å². The average molecular weight is 322 g/mol. The molecule has 0 atom stereocenters. The van der Waals surface area contributed by atoms with Gasteiger partial charge in [-0.25, -0.2) is 4.39 Å². The minimum atomic E-state index is -0.221. The van der Waals surface area contributed by atoms with E-state index in [-0.39, 0.29) is 5.82 Å². The van der Waals surface area contributed by atoms with E-state index >= 15 is 0 Å². The molecule has 2 rings (SSSR count). The lowest BCUT2D eigenvalue weighted by atomic mass is 10.1. The summed E-state index contributed by atoms with van der Waals surface area (Å²) < 4.78 is 14.0. The molecule has 0 saturated heterocycles. The molecule has 0 aliphatic carbocycles. The Morgan fingerprint density at radius 2 is 1.79 bits per heavy atom. The van der Waals surface area contributed by atoms with Crippen LogP contribution >= 0.6 is 15.9 Å². The fourth-order valence-electron chi connectivity index (χ4n) is 2.06. The van der Waals surface area contributed by atoms with E-state index in [9.17, 15) is 4.39 Å². The fourth-order valence-corrected chi connectivity index (χ4v) is 2.46. The predicted octanol–water partition coefficient (Wildman–Crippen LogP) is 5.15. The van der Waals surface area contributed by atoms with E-state index in [0.717, 1.165) is 24.1 Å². The molecule has 2 aromatic rings. The van der Waals surface area contributed by atoms with Gasteiger partial charge in [0.1, 0.15) is 5.82 Å². The Morgan fingerprint density at radius 3 is 2.58 bits per heavy atom. The number of rotatable bonds is 5. The van der Waals surface area contributed by atoms with Crippen LogP contribution in [0.5, 0.6) is 0 Å². The molecule has 0 saturated carbocycles. The van der Waals surface area contributed by atoms with Gasteiger partial charge in [0.25, 0.3) is 0 Å². The second-order valence-electron chi connectivity index (χ2n) is 4.47. The zero-order valence-electron chi connectivity index (χ0n) is 10.9. The van der Waals surface area contributed by atoms with Gasteiger partial charge in [-0.1, -0.05) is 43.7 Å². The Labute approximate surface area is 122 Å². The fraction of sp³-hybridized carbons (Fsp3) is 0.250. The minimum absolute atomic E-state index is 0.221. The van der Waals surface area contributed by atoms with Crippen LogP contribution < -0.4 is 5.32 Å². The second kappa shape index (κ2) is 6.71. The van der Waals surface area contributed by atoms with Crippen molar-refractivity contribution in [2.24, 2.45) is 0 Å². The highest BCUT2D eigenvalue weighted by Crippen LogP contribution is 2.23. The number of benzene rings is 2. The lowest BCUT2D eigenvalue weighted by Gasteiger charge is -2.12. The molecule has 0 aliphatic rings. The van der Waals surface area contributed by atoms with Crippen molar-refractivity contribution in [3.8, 4) is 0 Å². The number of hydrogen-bond donors (Lipinski definition) is 1. The van der Waals surface area contributed by atoms with Crippen molar-refractivity contribution < 1.29 is 4.39 Å². The molecule has 0 unspecified atom stereocenters. The molecule has 0 spiro atoms. The lowest BCUT2D eigenvalue weighted by Crippen LogP contribution is -2.03. The lowest BCUT2D eigenvalue weighted by molar-refractivity contribution is 0.618. The van der Waals surface area contributed by atoms with Crippen molar-refractivity contribution in [3.63, 3.8) is 0 Å². The predicted molar refractivity (Wildman–Crippen MR) is 81.9 cm³/mol. The molecule has 100 valence electrons. The van der Waals surface area contributed by atoms with Gasteiger partial charge in [-0.3, -0.25) is 0 Å². The van der Waals surface area contributed by atoms with Gasteiger partial charge in [0.05, 0.1) is 4.47 Å². The molecule has 0 aromatic heterocycles. The second-order valence-corrected chi connectivity index (χ2v) is 5.27. The summed E-state index contributed by atoms with van der Waals surface area (Å²) in [7, 11) is 0. The van der Waals surface area contributed by atoms with Gasteiger partial charge in [-0.05, 0) is 45.6 Å². The molecule has 1 N–H and O–H groups in total. The van der Waals surface area contributed by atoms with Gasteiger partial charge < -0.3 is 5.32 Å². The van der Waals surface area contributed by atoms with Crippen molar-refractivity contribution in [1.29, 1.82) is 0 Å². The smallest absolute Gasteiger partial charge is 0.137 e. The van der Waals surface area contributed by atoms with Crippen molar-refractivity contribution in [2.45, 2.75) is 26.3 Å². The van der Waals surface area contributed by atoms with Crippen LogP contribution in [-0.2, 0) is 13.0 Å². The van der Waals surface area contributed by atoms with Crippen LogP contribution in [0.25, 0.3) is 0 Å². The van der Waals surface area contributed by atoms with Crippen LogP contribution in [0.15, 0.2) is 46.9 Å². The van der Waals surface area contributed by atoms with Crippen LogP contribution in [0, 0.1) is 5.82 Å². The van der Waals surface area contributed by atoms with E-state index in [2.05, 4.69) is 40.3 Å². The molecule has 0 aliphatic heterocycles. The van der Waals surface area contributed by atoms with Crippen LogP contribution in [0.4, 0.5) is 10.1 Å². The standard InChI is InChI=1S/C16H17BrFN/c1-2-6-12-7-3-4-10-15(12)19-11-13-8-5-9-14(18)16(13)17/h3-5,7-10,19H,2,6,11H2,1H3. The topological polar surface area (TPSA) is 12.0 Å². The highest BCUT2D eigenvalue weighted by Gasteiger charge is 2.06. The Morgan fingerprint density at radius 1 is 1.05 bits per heavy atom. The molecule has 0 fully saturated rings. The molecule has 0 amide bonds. The van der Waals surface area contributed by atoms with E-state index in [1.807, 2.05) is 18.2 Å². The molecule has 0 radical (unpaired) electrons. The van der Waals surface area contributed by atoms with E-state index in [0.29, 0.717) is 11.0 Å². The Balaban J connectivity index is 2.12. The van der Waals surface area contributed by atoms with E-state index in [4.69, 9.17) is 0 Å². The monoisotopic (exact) mass is 321 g/mol. The highest BCUT2D eigenvalue weighted by molar-refractivity contribution is 9.10. The first-order valence-electron chi connectivity index (χ1n) is 6.47. The number of aryl methyl sites for hydroxylation is 1. The molecular formula is C16H17BrFN. The first kappa shape index (κ1) is 14.1. The van der Waals surface area contributed by atoms with Crippen molar-refractivity contribution in [2.75, 3.05) is 5.32 Å². The van der Waals surface area contributed by atoms with Crippen LogP contribution in [0.1, 0.15) is 24.5 Å². The zero-order valence-corrected chi connectivity index (χ0v) is 12.5. The quantitative estimate of drug-likeness (QED) is 0.802. The van der Waals surface area contributed by atoms with E-state index in [1.165, 1.54) is 11.6 Å². The summed E-state index contributed by atoms with van der Waals surface area (Å²) in [5.74, 6) is -0.221. The van der Waals surface area contributed by atoms with E-state index < -0.39 is 0 Å². The number of halogens is 2. The van der Waals surface area contributed by atoms with Gasteiger partial charge in [-0.15, -0.1) is 0 Å². The number of anilines is 1. The normalized spacial score (nSPS) is 10.5. The summed E-state index contributed by atoms with van der Waals surface area (Å²) in [4.78, 5) is 0. The number of nitrogens with one attached hydrogen (secondary N) is 1. The van der Waals surface area contributed by atoms with Crippen LogP contribution in [-0.4, -0.2) is 0 Å². The molecule has 0 heterocycles. The van der Waals surface area contributed by atoms with Gasteiger partial charge in [0.15, 0.2) is 0 Å². The molecule has 0 bridgehead atoms. The van der Waals surface area contributed by atoms with Crippen molar-refractivity contribution in [3.05, 3.63) is 63.9 Å². The molecule has 19 heavy (non-hydrogen) atoms. The SMILES string of the molecule is CCCc1ccccc1NCc1cccc(F)c1Br. The number of hydrogen-bond acceptors (Lipinski definition) is 1. The van der Waals surface area contributed by atoms with Gasteiger partial charge in [0.2, 0.25) is 0 Å². The first-order chi connectivity index (χ1) is 9.22. The third-order valence-corrected chi connectivity index (χ3v) is 3.93. The molecule has 1 nitrogen and oxygen atoms in total. The Hall–Kier alpha value is -1.35. The van der Waals surface area contributed by atoms with Crippen LogP contribution in [0.3, 0.4) is 0 Å². The zero-order chi connectivity index (χ0) is 13.7. The van der Waals surface area contributed by atoms with Crippen molar-refractivity contribution in [1.82, 2.24) is 0 Å². The summed E-state index contributed by atoms with van der Waals surface area (Å²) in [5, 5.41) is 3.39. The average Bonchev–Trinajstić information content (AvgIpc) is 2.42. The summed E-state index contributed by atoms with van der Waals surface area (Å²) in [6, 6.07) is 13.4. The first-order valence-corrected chi connectivity index (χ1v) is 7.26. The maximum Gasteiger partial charge on any atom is 0.137 e. The third kappa shape index (κ3) is 3.57. The highest BCUT2D eigenvalue weighted by atomic mass is 79.9. The number of para-hydroxylation sites is 1. The molecule has 3 heteroatoms. The third-order valence-electron chi connectivity index (χ3n) is 3.04. The molecule has 2 aromatic carbocycles. The Kier molecular flexibility index (Phi) is 4.97. The summed E-state index contributed by atoms with van der Waals surface area (Å²) in [6.45, 7) is 2.78. The van der Waals surface area contributed by atoms with Gasteiger partial charge in [0, 0.05) is 12.2 Å². The summed E-state index contributed by atoms with van der Waals surface area (Å²) in [5.41, 5.74) is 3.35.